The van der Waals surface area contributed by atoms with Crippen LogP contribution >= 0.6 is 11.6 Å². The van der Waals surface area contributed by atoms with Gasteiger partial charge in [-0.1, -0.05) is 35.9 Å². The second kappa shape index (κ2) is 7.02. The molecule has 2 N–H and O–H groups in total. The van der Waals surface area contributed by atoms with Crippen LogP contribution in [0.3, 0.4) is 0 Å². The van der Waals surface area contributed by atoms with Crippen molar-refractivity contribution in [2.24, 2.45) is 0 Å². The van der Waals surface area contributed by atoms with Crippen molar-refractivity contribution in [1.29, 1.82) is 0 Å². The average Bonchev–Trinajstić information content (AvgIpc) is 2.52. The van der Waals surface area contributed by atoms with Crippen LogP contribution in [0.25, 0.3) is 0 Å². The fraction of sp³-hybridized carbons (Fsp3) is 0.188. The number of aliphatic hydroxyl groups is 1. The summed E-state index contributed by atoms with van der Waals surface area (Å²) in [7, 11) is 0. The number of benzene rings is 2. The third kappa shape index (κ3) is 4.46. The number of hydrogen-bond donors (Lipinski definition) is 2. The number of nitrogens with one attached hydrogen (secondary N) is 1. The van der Waals surface area contributed by atoms with E-state index in [9.17, 15) is 23.1 Å². The van der Waals surface area contributed by atoms with Gasteiger partial charge >= 0.3 is 6.18 Å². The number of carbonyl (C=O) groups is 1. The van der Waals surface area contributed by atoms with E-state index in [0.29, 0.717) is 0 Å². The number of rotatable bonds is 4. The van der Waals surface area contributed by atoms with Crippen molar-refractivity contribution < 1.29 is 23.1 Å². The third-order valence-electron chi connectivity index (χ3n) is 3.20. The fourth-order valence-corrected chi connectivity index (χ4v) is 2.16. The molecule has 1 atom stereocenters. The van der Waals surface area contributed by atoms with Gasteiger partial charge in [0.15, 0.2) is 0 Å². The van der Waals surface area contributed by atoms with Crippen LogP contribution in [0.2, 0.25) is 5.02 Å². The van der Waals surface area contributed by atoms with Crippen LogP contribution in [0.15, 0.2) is 48.5 Å². The van der Waals surface area contributed by atoms with Gasteiger partial charge in [-0.25, -0.2) is 0 Å². The van der Waals surface area contributed by atoms with E-state index in [1.54, 1.807) is 18.2 Å². The van der Waals surface area contributed by atoms with Crippen molar-refractivity contribution in [2.45, 2.75) is 12.3 Å². The lowest BCUT2D eigenvalue weighted by molar-refractivity contribution is -0.137. The molecule has 0 aliphatic carbocycles. The monoisotopic (exact) mass is 343 g/mol. The molecule has 0 saturated carbocycles. The molecule has 0 fully saturated rings. The SMILES string of the molecule is O=C(NC[C@@H](O)c1ccc(C(F)(F)F)cc1)c1ccccc1Cl. The van der Waals surface area contributed by atoms with Gasteiger partial charge in [0.25, 0.3) is 5.91 Å². The standard InChI is InChI=1S/C16H13ClF3NO2/c17-13-4-2-1-3-12(13)15(23)21-9-14(22)10-5-7-11(8-6-10)16(18,19)20/h1-8,14,22H,9H2,(H,21,23)/t14-/m1/s1. The predicted molar refractivity (Wildman–Crippen MR) is 80.2 cm³/mol. The normalized spacial score (nSPS) is 12.7. The topological polar surface area (TPSA) is 49.3 Å². The van der Waals surface area contributed by atoms with E-state index in [-0.39, 0.29) is 22.7 Å². The maximum atomic E-state index is 12.5. The number of aliphatic hydroxyl groups excluding tert-OH is 1. The first-order valence-electron chi connectivity index (χ1n) is 6.67. The Balaban J connectivity index is 1.98. The molecule has 0 aliphatic heterocycles. The van der Waals surface area contributed by atoms with E-state index in [4.69, 9.17) is 11.6 Å². The van der Waals surface area contributed by atoms with Gasteiger partial charge in [0.2, 0.25) is 0 Å². The highest BCUT2D eigenvalue weighted by molar-refractivity contribution is 6.33. The summed E-state index contributed by atoms with van der Waals surface area (Å²) in [5, 5.41) is 12.7. The van der Waals surface area contributed by atoms with Crippen LogP contribution in [0.5, 0.6) is 0 Å². The van der Waals surface area contributed by atoms with Crippen molar-refractivity contribution in [3.63, 3.8) is 0 Å². The van der Waals surface area contributed by atoms with Gasteiger partial charge < -0.3 is 10.4 Å². The quantitative estimate of drug-likeness (QED) is 0.886. The van der Waals surface area contributed by atoms with Crippen LogP contribution < -0.4 is 5.32 Å². The lowest BCUT2D eigenvalue weighted by Gasteiger charge is -2.14. The van der Waals surface area contributed by atoms with E-state index in [1.807, 2.05) is 0 Å². The van der Waals surface area contributed by atoms with Gasteiger partial charge in [0, 0.05) is 6.54 Å². The summed E-state index contributed by atoms with van der Waals surface area (Å²) in [5.74, 6) is -0.471. The molecule has 0 unspecified atom stereocenters. The maximum absolute atomic E-state index is 12.5. The van der Waals surface area contributed by atoms with Crippen LogP contribution in [0.1, 0.15) is 27.6 Å². The summed E-state index contributed by atoms with van der Waals surface area (Å²) in [5.41, 5.74) is -0.264. The van der Waals surface area contributed by atoms with Gasteiger partial charge in [-0.05, 0) is 29.8 Å². The molecule has 1 amide bonds. The van der Waals surface area contributed by atoms with E-state index < -0.39 is 23.8 Å². The number of carbonyl (C=O) groups excluding carboxylic acids is 1. The Hall–Kier alpha value is -2.05. The zero-order valence-electron chi connectivity index (χ0n) is 11.8. The number of hydrogen-bond acceptors (Lipinski definition) is 2. The Bertz CT molecular complexity index is 686. The zero-order chi connectivity index (χ0) is 17.0. The summed E-state index contributed by atoms with van der Waals surface area (Å²) in [6, 6.07) is 10.5. The van der Waals surface area contributed by atoms with Gasteiger partial charge in [0.1, 0.15) is 0 Å². The largest absolute Gasteiger partial charge is 0.416 e. The van der Waals surface area contributed by atoms with Crippen molar-refractivity contribution in [3.8, 4) is 0 Å². The van der Waals surface area contributed by atoms with Crippen molar-refractivity contribution in [2.75, 3.05) is 6.54 Å². The first-order chi connectivity index (χ1) is 10.8. The van der Waals surface area contributed by atoms with E-state index in [1.165, 1.54) is 18.2 Å². The number of alkyl halides is 3. The Morgan fingerprint density at radius 3 is 2.30 bits per heavy atom. The summed E-state index contributed by atoms with van der Waals surface area (Å²) in [6.07, 6.45) is -5.55. The molecule has 0 saturated heterocycles. The highest BCUT2D eigenvalue weighted by atomic mass is 35.5. The van der Waals surface area contributed by atoms with Crippen molar-refractivity contribution in [3.05, 3.63) is 70.2 Å². The zero-order valence-corrected chi connectivity index (χ0v) is 12.5. The molecule has 2 aromatic rings. The van der Waals surface area contributed by atoms with Crippen molar-refractivity contribution in [1.82, 2.24) is 5.32 Å². The Morgan fingerprint density at radius 1 is 1.13 bits per heavy atom. The average molecular weight is 344 g/mol. The fourth-order valence-electron chi connectivity index (χ4n) is 1.94. The molecule has 0 aromatic heterocycles. The van der Waals surface area contributed by atoms with Gasteiger partial charge in [-0.3, -0.25) is 4.79 Å². The minimum atomic E-state index is -4.43. The lowest BCUT2D eigenvalue weighted by Crippen LogP contribution is -2.28. The van der Waals surface area contributed by atoms with E-state index in [2.05, 4.69) is 5.32 Å². The Labute approximate surface area is 135 Å². The molecular weight excluding hydrogens is 331 g/mol. The Kier molecular flexibility index (Phi) is 5.28. The Morgan fingerprint density at radius 2 is 1.74 bits per heavy atom. The highest BCUT2D eigenvalue weighted by Crippen LogP contribution is 2.29. The smallest absolute Gasteiger partial charge is 0.387 e. The molecule has 7 heteroatoms. The van der Waals surface area contributed by atoms with Crippen molar-refractivity contribution >= 4 is 17.5 Å². The minimum Gasteiger partial charge on any atom is -0.387 e. The lowest BCUT2D eigenvalue weighted by atomic mass is 10.1. The minimum absolute atomic E-state index is 0.143. The molecule has 0 heterocycles. The maximum Gasteiger partial charge on any atom is 0.416 e. The van der Waals surface area contributed by atoms with Crippen LogP contribution in [0, 0.1) is 0 Å². The molecule has 0 bridgehead atoms. The predicted octanol–water partition coefficient (Wildman–Crippen LogP) is 3.82. The molecule has 2 aromatic carbocycles. The van der Waals surface area contributed by atoms with Gasteiger partial charge in [0.05, 0.1) is 22.3 Å². The van der Waals surface area contributed by atoms with E-state index in [0.717, 1.165) is 12.1 Å². The summed E-state index contributed by atoms with van der Waals surface area (Å²) < 4.78 is 37.4. The highest BCUT2D eigenvalue weighted by Gasteiger charge is 2.30. The molecular formula is C16H13ClF3NO2. The molecule has 2 rings (SSSR count). The number of halogens is 4. The first kappa shape index (κ1) is 17.3. The van der Waals surface area contributed by atoms with Gasteiger partial charge in [-0.2, -0.15) is 13.2 Å². The molecule has 23 heavy (non-hydrogen) atoms. The molecule has 0 aliphatic rings. The summed E-state index contributed by atoms with van der Waals surface area (Å²) >= 11 is 5.88. The molecule has 3 nitrogen and oxygen atoms in total. The van der Waals surface area contributed by atoms with E-state index >= 15 is 0 Å². The van der Waals surface area contributed by atoms with Crippen LogP contribution in [0.4, 0.5) is 13.2 Å². The second-order valence-corrected chi connectivity index (χ2v) is 5.23. The first-order valence-corrected chi connectivity index (χ1v) is 7.05. The second-order valence-electron chi connectivity index (χ2n) is 4.83. The molecule has 0 spiro atoms. The molecule has 0 radical (unpaired) electrons. The van der Waals surface area contributed by atoms with Crippen LogP contribution in [-0.4, -0.2) is 17.6 Å². The number of amides is 1. The summed E-state index contributed by atoms with van der Waals surface area (Å²) in [6.45, 7) is -0.143. The molecule has 122 valence electrons. The summed E-state index contributed by atoms with van der Waals surface area (Å²) in [4.78, 5) is 11.9. The third-order valence-corrected chi connectivity index (χ3v) is 3.53. The van der Waals surface area contributed by atoms with Crippen LogP contribution in [-0.2, 0) is 6.18 Å². The van der Waals surface area contributed by atoms with Gasteiger partial charge in [-0.15, -0.1) is 0 Å².